The standard InChI is InChI=1S/C17H17ClN2O2/c1-3-17(2)20-14(10-13(19-20)16-5-4-8-21-16)12-9-11(18)6-7-15(12)22-17/h4-9,14H,3,10H2,1-2H3/t14-,17-/m1/s1. The Hall–Kier alpha value is -1.94. The molecule has 2 aliphatic heterocycles. The molecule has 4 nitrogen and oxygen atoms in total. The molecule has 0 spiro atoms. The number of fused-ring (bicyclic) bond motifs is 3. The molecule has 114 valence electrons. The van der Waals surface area contributed by atoms with Crippen LogP contribution < -0.4 is 4.74 Å². The molecule has 2 atom stereocenters. The van der Waals surface area contributed by atoms with Crippen LogP contribution in [0.4, 0.5) is 0 Å². The molecule has 0 radical (unpaired) electrons. The highest BCUT2D eigenvalue weighted by Gasteiger charge is 2.47. The molecule has 0 fully saturated rings. The summed E-state index contributed by atoms with van der Waals surface area (Å²) in [6.45, 7) is 4.19. The van der Waals surface area contributed by atoms with Gasteiger partial charge in [0.05, 0.1) is 12.3 Å². The Kier molecular flexibility index (Phi) is 2.98. The smallest absolute Gasteiger partial charge is 0.195 e. The fourth-order valence-electron chi connectivity index (χ4n) is 3.17. The SMILES string of the molecule is CC[C@@]1(C)Oc2ccc(Cl)cc2[C@H]2CC(c3ccco3)=NN21. The van der Waals surface area contributed by atoms with Crippen LogP contribution in [0.5, 0.6) is 5.75 Å². The first-order chi connectivity index (χ1) is 10.6. The van der Waals surface area contributed by atoms with E-state index in [0.717, 1.165) is 35.6 Å². The highest BCUT2D eigenvalue weighted by molar-refractivity contribution is 6.30. The van der Waals surface area contributed by atoms with Gasteiger partial charge in [-0.15, -0.1) is 0 Å². The summed E-state index contributed by atoms with van der Waals surface area (Å²) in [6.07, 6.45) is 3.30. The Morgan fingerprint density at radius 1 is 1.41 bits per heavy atom. The van der Waals surface area contributed by atoms with Gasteiger partial charge in [-0.25, -0.2) is 5.01 Å². The summed E-state index contributed by atoms with van der Waals surface area (Å²) in [5.74, 6) is 1.71. The Morgan fingerprint density at radius 2 is 2.27 bits per heavy atom. The van der Waals surface area contributed by atoms with Gasteiger partial charge in [0.15, 0.2) is 5.72 Å². The number of hydrogen-bond acceptors (Lipinski definition) is 4. The molecule has 1 aromatic heterocycles. The van der Waals surface area contributed by atoms with E-state index in [1.807, 2.05) is 30.3 Å². The van der Waals surface area contributed by atoms with Gasteiger partial charge < -0.3 is 9.15 Å². The number of hydrogen-bond donors (Lipinski definition) is 0. The fourth-order valence-corrected chi connectivity index (χ4v) is 3.35. The topological polar surface area (TPSA) is 38.0 Å². The molecule has 0 amide bonds. The lowest BCUT2D eigenvalue weighted by molar-refractivity contribution is -0.108. The van der Waals surface area contributed by atoms with E-state index in [4.69, 9.17) is 25.9 Å². The molecule has 5 heteroatoms. The predicted octanol–water partition coefficient (Wildman–Crippen LogP) is 4.60. The quantitative estimate of drug-likeness (QED) is 0.812. The van der Waals surface area contributed by atoms with E-state index in [1.165, 1.54) is 0 Å². The summed E-state index contributed by atoms with van der Waals surface area (Å²) in [5.41, 5.74) is 1.58. The van der Waals surface area contributed by atoms with Crippen molar-refractivity contribution in [2.75, 3.05) is 0 Å². The molecule has 0 saturated carbocycles. The largest absolute Gasteiger partial charge is 0.466 e. The number of rotatable bonds is 2. The van der Waals surface area contributed by atoms with Crippen molar-refractivity contribution in [1.82, 2.24) is 5.01 Å². The first-order valence-electron chi connectivity index (χ1n) is 7.50. The van der Waals surface area contributed by atoms with Gasteiger partial charge in [-0.05, 0) is 37.3 Å². The lowest BCUT2D eigenvalue weighted by Gasteiger charge is -2.45. The van der Waals surface area contributed by atoms with Gasteiger partial charge in [-0.2, -0.15) is 5.10 Å². The first kappa shape index (κ1) is 13.7. The summed E-state index contributed by atoms with van der Waals surface area (Å²) in [5, 5.41) is 7.57. The van der Waals surface area contributed by atoms with Gasteiger partial charge in [0.2, 0.25) is 0 Å². The van der Waals surface area contributed by atoms with Gasteiger partial charge in [0.1, 0.15) is 17.2 Å². The predicted molar refractivity (Wildman–Crippen MR) is 85.2 cm³/mol. The second kappa shape index (κ2) is 4.78. The molecule has 2 aromatic rings. The van der Waals surface area contributed by atoms with E-state index in [2.05, 4.69) is 18.9 Å². The highest BCUT2D eigenvalue weighted by atomic mass is 35.5. The maximum Gasteiger partial charge on any atom is 0.195 e. The van der Waals surface area contributed by atoms with Gasteiger partial charge in [0.25, 0.3) is 0 Å². The van der Waals surface area contributed by atoms with Gasteiger partial charge in [-0.3, -0.25) is 0 Å². The lowest BCUT2D eigenvalue weighted by Crippen LogP contribution is -2.50. The van der Waals surface area contributed by atoms with Crippen molar-refractivity contribution >= 4 is 17.3 Å². The van der Waals surface area contributed by atoms with Crippen molar-refractivity contribution < 1.29 is 9.15 Å². The highest BCUT2D eigenvalue weighted by Crippen LogP contribution is 2.48. The molecule has 3 heterocycles. The second-order valence-corrected chi connectivity index (χ2v) is 6.34. The lowest BCUT2D eigenvalue weighted by atomic mass is 9.95. The van der Waals surface area contributed by atoms with E-state index in [0.29, 0.717) is 5.02 Å². The molecule has 0 saturated heterocycles. The average molecular weight is 317 g/mol. The first-order valence-corrected chi connectivity index (χ1v) is 7.87. The molecule has 1 aromatic carbocycles. The summed E-state index contributed by atoms with van der Waals surface area (Å²) in [6, 6.07) is 9.76. The monoisotopic (exact) mass is 316 g/mol. The third kappa shape index (κ3) is 1.94. The summed E-state index contributed by atoms with van der Waals surface area (Å²) in [4.78, 5) is 0. The molecule has 22 heavy (non-hydrogen) atoms. The van der Waals surface area contributed by atoms with E-state index in [9.17, 15) is 0 Å². The zero-order chi connectivity index (χ0) is 15.3. The van der Waals surface area contributed by atoms with Crippen molar-refractivity contribution in [1.29, 1.82) is 0 Å². The molecule has 0 N–H and O–H groups in total. The van der Waals surface area contributed by atoms with Crippen LogP contribution in [0.1, 0.15) is 44.1 Å². The van der Waals surface area contributed by atoms with Crippen LogP contribution in [0.25, 0.3) is 0 Å². The van der Waals surface area contributed by atoms with Crippen LogP contribution >= 0.6 is 11.6 Å². The van der Waals surface area contributed by atoms with Crippen molar-refractivity contribution in [2.24, 2.45) is 5.10 Å². The van der Waals surface area contributed by atoms with Gasteiger partial charge >= 0.3 is 0 Å². The molecule has 0 unspecified atom stereocenters. The zero-order valence-electron chi connectivity index (χ0n) is 12.5. The molecular weight excluding hydrogens is 300 g/mol. The molecule has 0 bridgehead atoms. The minimum absolute atomic E-state index is 0.132. The number of halogens is 1. The molecule has 0 aliphatic carbocycles. The third-order valence-electron chi connectivity index (χ3n) is 4.52. The number of nitrogens with zero attached hydrogens (tertiary/aromatic N) is 2. The van der Waals surface area contributed by atoms with Crippen molar-refractivity contribution in [3.8, 4) is 5.75 Å². The van der Waals surface area contributed by atoms with Crippen molar-refractivity contribution in [3.05, 3.63) is 52.9 Å². The number of furan rings is 1. The fraction of sp³-hybridized carbons (Fsp3) is 0.353. The van der Waals surface area contributed by atoms with Crippen LogP contribution in [-0.2, 0) is 0 Å². The number of hydrazone groups is 1. The summed E-state index contributed by atoms with van der Waals surface area (Å²) >= 11 is 6.18. The van der Waals surface area contributed by atoms with Crippen LogP contribution in [0.3, 0.4) is 0 Å². The van der Waals surface area contributed by atoms with Crippen LogP contribution in [0.2, 0.25) is 5.02 Å². The van der Waals surface area contributed by atoms with Crippen molar-refractivity contribution in [2.45, 2.75) is 38.5 Å². The number of benzene rings is 1. The van der Waals surface area contributed by atoms with E-state index in [-0.39, 0.29) is 6.04 Å². The summed E-state index contributed by atoms with van der Waals surface area (Å²) in [7, 11) is 0. The molecular formula is C17H17ClN2O2. The van der Waals surface area contributed by atoms with Gasteiger partial charge in [0, 0.05) is 23.4 Å². The Balaban J connectivity index is 1.81. The average Bonchev–Trinajstić information content (AvgIpc) is 3.17. The minimum atomic E-state index is -0.458. The van der Waals surface area contributed by atoms with E-state index >= 15 is 0 Å². The molecule has 2 aliphatic rings. The van der Waals surface area contributed by atoms with Crippen molar-refractivity contribution in [3.63, 3.8) is 0 Å². The van der Waals surface area contributed by atoms with E-state index < -0.39 is 5.72 Å². The van der Waals surface area contributed by atoms with Crippen LogP contribution in [-0.4, -0.2) is 16.4 Å². The maximum atomic E-state index is 6.23. The third-order valence-corrected chi connectivity index (χ3v) is 4.75. The second-order valence-electron chi connectivity index (χ2n) is 5.90. The Bertz CT molecular complexity index is 741. The Labute approximate surface area is 134 Å². The van der Waals surface area contributed by atoms with Gasteiger partial charge in [-0.1, -0.05) is 18.5 Å². The molecule has 4 rings (SSSR count). The van der Waals surface area contributed by atoms with Crippen LogP contribution in [0.15, 0.2) is 46.1 Å². The summed E-state index contributed by atoms with van der Waals surface area (Å²) < 4.78 is 11.7. The Morgan fingerprint density at radius 3 is 3.00 bits per heavy atom. The minimum Gasteiger partial charge on any atom is -0.466 e. The zero-order valence-corrected chi connectivity index (χ0v) is 13.3. The number of ether oxygens (including phenoxy) is 1. The van der Waals surface area contributed by atoms with Crippen LogP contribution in [0, 0.1) is 0 Å². The van der Waals surface area contributed by atoms with E-state index in [1.54, 1.807) is 6.26 Å². The maximum absolute atomic E-state index is 6.23. The normalized spacial score (nSPS) is 26.2.